The van der Waals surface area contributed by atoms with Crippen molar-refractivity contribution in [2.75, 3.05) is 23.3 Å². The summed E-state index contributed by atoms with van der Waals surface area (Å²) in [6, 6.07) is 7.40. The van der Waals surface area contributed by atoms with E-state index in [1.807, 2.05) is 0 Å². The van der Waals surface area contributed by atoms with Crippen LogP contribution in [0.15, 0.2) is 18.2 Å². The highest BCUT2D eigenvalue weighted by molar-refractivity contribution is 5.60. The monoisotopic (exact) mass is 246 g/mol. The molecule has 1 heterocycles. The van der Waals surface area contributed by atoms with E-state index in [1.54, 1.807) is 0 Å². The minimum absolute atomic E-state index is 0.561. The number of benzene rings is 1. The van der Waals surface area contributed by atoms with Crippen LogP contribution in [0.4, 0.5) is 11.4 Å². The van der Waals surface area contributed by atoms with Gasteiger partial charge >= 0.3 is 0 Å². The Bertz CT molecular complexity index is 381. The topological polar surface area (TPSA) is 15.3 Å². The summed E-state index contributed by atoms with van der Waals surface area (Å²) in [5.41, 5.74) is 4.04. The van der Waals surface area contributed by atoms with Crippen LogP contribution in [0.5, 0.6) is 0 Å². The first-order valence-corrected chi connectivity index (χ1v) is 7.33. The van der Waals surface area contributed by atoms with Crippen LogP contribution in [0.3, 0.4) is 0 Å². The molecule has 1 fully saturated rings. The van der Waals surface area contributed by atoms with Crippen LogP contribution < -0.4 is 10.2 Å². The molecule has 2 heteroatoms. The first-order valence-electron chi connectivity index (χ1n) is 7.33. The molecule has 1 aliphatic rings. The largest absolute Gasteiger partial charge is 0.382 e. The molecule has 2 rings (SSSR count). The van der Waals surface area contributed by atoms with Gasteiger partial charge in [-0.2, -0.15) is 0 Å². The number of aryl methyl sites for hydroxylation is 1. The van der Waals surface area contributed by atoms with Crippen molar-refractivity contribution in [3.05, 3.63) is 23.8 Å². The van der Waals surface area contributed by atoms with Crippen LogP contribution in [0.1, 0.15) is 45.1 Å². The molecule has 1 atom stereocenters. The van der Waals surface area contributed by atoms with Gasteiger partial charge in [-0.25, -0.2) is 0 Å². The van der Waals surface area contributed by atoms with E-state index >= 15 is 0 Å². The first kappa shape index (κ1) is 13.3. The Labute approximate surface area is 111 Å². The predicted molar refractivity (Wildman–Crippen MR) is 80.6 cm³/mol. The number of hydrogen-bond donors (Lipinski definition) is 1. The lowest BCUT2D eigenvalue weighted by atomic mass is 10.1. The average Bonchev–Trinajstić information content (AvgIpc) is 2.85. The number of rotatable bonds is 5. The van der Waals surface area contributed by atoms with Crippen molar-refractivity contribution in [3.8, 4) is 0 Å². The van der Waals surface area contributed by atoms with Gasteiger partial charge in [0.1, 0.15) is 0 Å². The van der Waals surface area contributed by atoms with Gasteiger partial charge in [0.15, 0.2) is 0 Å². The van der Waals surface area contributed by atoms with Crippen molar-refractivity contribution in [2.45, 2.75) is 52.5 Å². The van der Waals surface area contributed by atoms with Crippen molar-refractivity contribution in [3.63, 3.8) is 0 Å². The molecule has 18 heavy (non-hydrogen) atoms. The molecular weight excluding hydrogens is 220 g/mol. The van der Waals surface area contributed by atoms with E-state index in [2.05, 4.69) is 49.2 Å². The summed E-state index contributed by atoms with van der Waals surface area (Å²) in [5, 5.41) is 3.61. The van der Waals surface area contributed by atoms with E-state index in [-0.39, 0.29) is 0 Å². The molecule has 0 bridgehead atoms. The summed E-state index contributed by atoms with van der Waals surface area (Å²) in [5.74, 6) is 0. The van der Waals surface area contributed by atoms with Crippen molar-refractivity contribution in [2.24, 2.45) is 0 Å². The minimum Gasteiger partial charge on any atom is -0.382 e. The van der Waals surface area contributed by atoms with Crippen molar-refractivity contribution >= 4 is 11.4 Å². The molecule has 1 aromatic rings. The first-order chi connectivity index (χ1) is 8.70. The Morgan fingerprint density at radius 2 is 2.00 bits per heavy atom. The highest BCUT2D eigenvalue weighted by Crippen LogP contribution is 2.26. The van der Waals surface area contributed by atoms with Crippen LogP contribution in [-0.2, 0) is 0 Å². The lowest BCUT2D eigenvalue weighted by Gasteiger charge is -2.21. The zero-order valence-electron chi connectivity index (χ0n) is 12.0. The molecule has 0 spiro atoms. The molecule has 1 unspecified atom stereocenters. The smallest absolute Gasteiger partial charge is 0.0373 e. The molecule has 1 saturated heterocycles. The van der Waals surface area contributed by atoms with Crippen molar-refractivity contribution < 1.29 is 0 Å². The summed E-state index contributed by atoms with van der Waals surface area (Å²) in [6.07, 6.45) is 5.14. The maximum absolute atomic E-state index is 3.61. The van der Waals surface area contributed by atoms with Gasteiger partial charge in [-0.05, 0) is 56.9 Å². The molecule has 1 aromatic carbocycles. The minimum atomic E-state index is 0.561. The predicted octanol–water partition coefficient (Wildman–Crippen LogP) is 4.20. The van der Waals surface area contributed by atoms with Crippen LogP contribution >= 0.6 is 0 Å². The third-order valence-corrected chi connectivity index (χ3v) is 3.80. The molecular formula is C16H26N2. The summed E-state index contributed by atoms with van der Waals surface area (Å²) in [7, 11) is 0. The van der Waals surface area contributed by atoms with Gasteiger partial charge in [0, 0.05) is 30.5 Å². The van der Waals surface area contributed by atoms with Gasteiger partial charge in [-0.15, -0.1) is 0 Å². The van der Waals surface area contributed by atoms with Gasteiger partial charge in [0.25, 0.3) is 0 Å². The third kappa shape index (κ3) is 3.18. The fourth-order valence-electron chi connectivity index (χ4n) is 2.75. The van der Waals surface area contributed by atoms with E-state index in [0.29, 0.717) is 6.04 Å². The van der Waals surface area contributed by atoms with Crippen LogP contribution in [-0.4, -0.2) is 19.1 Å². The van der Waals surface area contributed by atoms with Crippen LogP contribution in [0.2, 0.25) is 0 Å². The quantitative estimate of drug-likeness (QED) is 0.837. The zero-order chi connectivity index (χ0) is 13.0. The van der Waals surface area contributed by atoms with E-state index in [1.165, 1.54) is 55.7 Å². The van der Waals surface area contributed by atoms with Gasteiger partial charge in [-0.1, -0.05) is 13.3 Å². The average molecular weight is 246 g/mol. The lowest BCUT2D eigenvalue weighted by Crippen LogP contribution is -2.18. The summed E-state index contributed by atoms with van der Waals surface area (Å²) in [4.78, 5) is 2.49. The van der Waals surface area contributed by atoms with Gasteiger partial charge in [-0.3, -0.25) is 0 Å². The molecule has 1 aliphatic heterocycles. The van der Waals surface area contributed by atoms with Crippen LogP contribution in [0.25, 0.3) is 0 Å². The van der Waals surface area contributed by atoms with E-state index in [0.717, 1.165) is 0 Å². The second-order valence-electron chi connectivity index (χ2n) is 5.53. The standard InChI is InChI=1S/C16H26N2/c1-4-7-14(3)17-16-9-8-15(12-13(16)2)18-10-5-6-11-18/h8-9,12,14,17H,4-7,10-11H2,1-3H3. The Kier molecular flexibility index (Phi) is 4.51. The second kappa shape index (κ2) is 6.12. The second-order valence-corrected chi connectivity index (χ2v) is 5.53. The van der Waals surface area contributed by atoms with Crippen LogP contribution in [0, 0.1) is 6.92 Å². The lowest BCUT2D eigenvalue weighted by molar-refractivity contribution is 0.690. The van der Waals surface area contributed by atoms with Gasteiger partial charge in [0.05, 0.1) is 0 Å². The summed E-state index contributed by atoms with van der Waals surface area (Å²) in [6.45, 7) is 9.15. The molecule has 0 aromatic heterocycles. The fraction of sp³-hybridized carbons (Fsp3) is 0.625. The number of anilines is 2. The Morgan fingerprint density at radius 3 is 2.61 bits per heavy atom. The molecule has 0 radical (unpaired) electrons. The maximum atomic E-state index is 3.61. The fourth-order valence-corrected chi connectivity index (χ4v) is 2.75. The van der Waals surface area contributed by atoms with E-state index in [4.69, 9.17) is 0 Å². The normalized spacial score (nSPS) is 16.9. The van der Waals surface area contributed by atoms with Gasteiger partial charge < -0.3 is 10.2 Å². The molecule has 100 valence electrons. The van der Waals surface area contributed by atoms with E-state index in [9.17, 15) is 0 Å². The highest BCUT2D eigenvalue weighted by atomic mass is 15.1. The molecule has 1 N–H and O–H groups in total. The number of nitrogens with one attached hydrogen (secondary N) is 1. The van der Waals surface area contributed by atoms with E-state index < -0.39 is 0 Å². The Hall–Kier alpha value is -1.18. The number of hydrogen-bond acceptors (Lipinski definition) is 2. The molecule has 0 saturated carbocycles. The SMILES string of the molecule is CCCC(C)Nc1ccc(N2CCCC2)cc1C. The maximum Gasteiger partial charge on any atom is 0.0373 e. The summed E-state index contributed by atoms with van der Waals surface area (Å²) >= 11 is 0. The van der Waals surface area contributed by atoms with Crippen molar-refractivity contribution in [1.29, 1.82) is 0 Å². The van der Waals surface area contributed by atoms with Gasteiger partial charge in [0.2, 0.25) is 0 Å². The molecule has 0 amide bonds. The Morgan fingerprint density at radius 1 is 1.28 bits per heavy atom. The molecule has 2 nitrogen and oxygen atoms in total. The van der Waals surface area contributed by atoms with Crippen molar-refractivity contribution in [1.82, 2.24) is 0 Å². The number of nitrogens with zero attached hydrogens (tertiary/aromatic N) is 1. The Balaban J connectivity index is 2.04. The highest BCUT2D eigenvalue weighted by Gasteiger charge is 2.13. The molecule has 0 aliphatic carbocycles. The third-order valence-electron chi connectivity index (χ3n) is 3.80. The summed E-state index contributed by atoms with van der Waals surface area (Å²) < 4.78 is 0. The zero-order valence-corrected chi connectivity index (χ0v) is 12.0.